The van der Waals surface area contributed by atoms with Gasteiger partial charge in [-0.25, -0.2) is 0 Å². The average Bonchev–Trinajstić information content (AvgIpc) is 2.79. The largest absolute Gasteiger partial charge is 0.464 e. The number of aryl methyl sites for hydroxylation is 1. The van der Waals surface area contributed by atoms with Gasteiger partial charge < -0.3 is 15.1 Å². The molecule has 0 aliphatic carbocycles. The summed E-state index contributed by atoms with van der Waals surface area (Å²) >= 11 is 0. The molecule has 0 saturated heterocycles. The van der Waals surface area contributed by atoms with E-state index in [0.717, 1.165) is 17.9 Å². The van der Waals surface area contributed by atoms with Gasteiger partial charge in [-0.05, 0) is 46.2 Å². The molecule has 0 aliphatic heterocycles. The maximum absolute atomic E-state index is 12.7. The molecule has 1 amide bonds. The van der Waals surface area contributed by atoms with E-state index < -0.39 is 5.41 Å². The Labute approximate surface area is 116 Å². The van der Waals surface area contributed by atoms with Crippen LogP contribution in [-0.2, 0) is 11.3 Å². The molecule has 0 aliphatic rings. The van der Waals surface area contributed by atoms with Crippen molar-refractivity contribution >= 4 is 5.91 Å². The molecular weight excluding hydrogens is 240 g/mol. The molecule has 108 valence electrons. The van der Waals surface area contributed by atoms with E-state index in [9.17, 15) is 4.79 Å². The first kappa shape index (κ1) is 15.8. The Bertz CT molecular complexity index is 420. The summed E-state index contributed by atoms with van der Waals surface area (Å²) in [6, 6.07) is 3.96. The number of nitrogens with two attached hydrogens (primary N) is 1. The van der Waals surface area contributed by atoms with Crippen molar-refractivity contribution in [3.05, 3.63) is 23.7 Å². The van der Waals surface area contributed by atoms with Gasteiger partial charge in [-0.2, -0.15) is 0 Å². The third-order valence-corrected chi connectivity index (χ3v) is 3.75. The number of hydrogen-bond donors (Lipinski definition) is 1. The van der Waals surface area contributed by atoms with E-state index >= 15 is 0 Å². The molecule has 1 unspecified atom stereocenters. The van der Waals surface area contributed by atoms with Crippen molar-refractivity contribution in [3.8, 4) is 0 Å². The van der Waals surface area contributed by atoms with Crippen LogP contribution in [0.3, 0.4) is 0 Å². The van der Waals surface area contributed by atoms with E-state index in [0.29, 0.717) is 13.1 Å². The predicted octanol–water partition coefficient (Wildman–Crippen LogP) is 2.70. The Kier molecular flexibility index (Phi) is 5.18. The van der Waals surface area contributed by atoms with Crippen molar-refractivity contribution in [2.45, 2.75) is 53.6 Å². The van der Waals surface area contributed by atoms with E-state index in [1.165, 1.54) is 0 Å². The van der Waals surface area contributed by atoms with Gasteiger partial charge in [-0.3, -0.25) is 4.79 Å². The van der Waals surface area contributed by atoms with Crippen LogP contribution in [0.2, 0.25) is 0 Å². The number of nitrogens with zero attached hydrogens (tertiary/aromatic N) is 1. The molecule has 0 radical (unpaired) electrons. The number of amides is 1. The second kappa shape index (κ2) is 6.24. The van der Waals surface area contributed by atoms with Crippen LogP contribution >= 0.6 is 0 Å². The lowest BCUT2D eigenvalue weighted by Gasteiger charge is -2.35. The van der Waals surface area contributed by atoms with Gasteiger partial charge in [0, 0.05) is 12.6 Å². The maximum atomic E-state index is 12.7. The van der Waals surface area contributed by atoms with Crippen LogP contribution in [0.5, 0.6) is 0 Å². The standard InChI is InChI=1S/C15H26N2O2/c1-6-15(5,10-16)14(18)17(11(2)3)9-13-8-7-12(4)19-13/h7-8,11H,6,9-10,16H2,1-5H3. The highest BCUT2D eigenvalue weighted by molar-refractivity contribution is 5.82. The van der Waals surface area contributed by atoms with Crippen molar-refractivity contribution in [2.24, 2.45) is 11.1 Å². The lowest BCUT2D eigenvalue weighted by Crippen LogP contribution is -2.48. The molecule has 2 N–H and O–H groups in total. The Hall–Kier alpha value is -1.29. The van der Waals surface area contributed by atoms with Gasteiger partial charge >= 0.3 is 0 Å². The van der Waals surface area contributed by atoms with Crippen molar-refractivity contribution in [2.75, 3.05) is 6.54 Å². The first-order valence-corrected chi connectivity index (χ1v) is 6.90. The lowest BCUT2D eigenvalue weighted by atomic mass is 9.85. The third kappa shape index (κ3) is 3.60. The highest BCUT2D eigenvalue weighted by Crippen LogP contribution is 2.25. The molecule has 0 bridgehead atoms. The fraction of sp³-hybridized carbons (Fsp3) is 0.667. The normalized spacial score (nSPS) is 14.5. The molecule has 0 spiro atoms. The van der Waals surface area contributed by atoms with Crippen LogP contribution in [0.15, 0.2) is 16.5 Å². The smallest absolute Gasteiger partial charge is 0.230 e. The van der Waals surface area contributed by atoms with Gasteiger partial charge in [0.05, 0.1) is 12.0 Å². The molecule has 1 atom stereocenters. The van der Waals surface area contributed by atoms with Gasteiger partial charge in [0.15, 0.2) is 0 Å². The van der Waals surface area contributed by atoms with Crippen molar-refractivity contribution in [1.82, 2.24) is 4.90 Å². The van der Waals surface area contributed by atoms with Gasteiger partial charge in [0.1, 0.15) is 11.5 Å². The SMILES string of the molecule is CCC(C)(CN)C(=O)N(Cc1ccc(C)o1)C(C)C. The predicted molar refractivity (Wildman–Crippen MR) is 76.6 cm³/mol. The molecule has 1 heterocycles. The minimum absolute atomic E-state index is 0.0987. The summed E-state index contributed by atoms with van der Waals surface area (Å²) in [5, 5.41) is 0. The molecule has 0 saturated carbocycles. The van der Waals surface area contributed by atoms with Crippen molar-refractivity contribution in [1.29, 1.82) is 0 Å². The first-order valence-electron chi connectivity index (χ1n) is 6.90. The first-order chi connectivity index (χ1) is 8.84. The van der Waals surface area contributed by atoms with E-state index in [1.807, 2.05) is 51.7 Å². The molecule has 0 aromatic carbocycles. The fourth-order valence-corrected chi connectivity index (χ4v) is 1.96. The lowest BCUT2D eigenvalue weighted by molar-refractivity contribution is -0.143. The Balaban J connectivity index is 2.92. The van der Waals surface area contributed by atoms with E-state index in [-0.39, 0.29) is 11.9 Å². The third-order valence-electron chi connectivity index (χ3n) is 3.75. The summed E-state index contributed by atoms with van der Waals surface area (Å²) in [6.07, 6.45) is 0.739. The number of furan rings is 1. The minimum atomic E-state index is -0.494. The maximum Gasteiger partial charge on any atom is 0.230 e. The summed E-state index contributed by atoms with van der Waals surface area (Å²) < 4.78 is 5.57. The number of hydrogen-bond acceptors (Lipinski definition) is 3. The second-order valence-electron chi connectivity index (χ2n) is 5.66. The molecule has 4 heteroatoms. The summed E-state index contributed by atoms with van der Waals surface area (Å²) in [7, 11) is 0. The second-order valence-corrected chi connectivity index (χ2v) is 5.66. The Morgan fingerprint density at radius 1 is 1.47 bits per heavy atom. The van der Waals surface area contributed by atoms with Crippen molar-refractivity contribution < 1.29 is 9.21 Å². The van der Waals surface area contributed by atoms with E-state index in [2.05, 4.69) is 0 Å². The number of carbonyl (C=O) groups is 1. The van der Waals surface area contributed by atoms with E-state index in [1.54, 1.807) is 0 Å². The van der Waals surface area contributed by atoms with Crippen LogP contribution in [0.25, 0.3) is 0 Å². The molecule has 1 rings (SSSR count). The highest BCUT2D eigenvalue weighted by atomic mass is 16.3. The fourth-order valence-electron chi connectivity index (χ4n) is 1.96. The molecule has 19 heavy (non-hydrogen) atoms. The zero-order valence-corrected chi connectivity index (χ0v) is 12.7. The van der Waals surface area contributed by atoms with Crippen LogP contribution in [0, 0.1) is 12.3 Å². The molecule has 0 fully saturated rings. The van der Waals surface area contributed by atoms with Crippen LogP contribution in [0.1, 0.15) is 45.6 Å². The van der Waals surface area contributed by atoms with Crippen LogP contribution in [-0.4, -0.2) is 23.4 Å². The summed E-state index contributed by atoms with van der Waals surface area (Å²) in [6.45, 7) is 10.7. The topological polar surface area (TPSA) is 59.5 Å². The van der Waals surface area contributed by atoms with Crippen molar-refractivity contribution in [3.63, 3.8) is 0 Å². The summed E-state index contributed by atoms with van der Waals surface area (Å²) in [5.74, 6) is 1.78. The zero-order chi connectivity index (χ0) is 14.6. The summed E-state index contributed by atoms with van der Waals surface area (Å²) in [5.41, 5.74) is 5.29. The molecule has 1 aromatic heterocycles. The van der Waals surface area contributed by atoms with E-state index in [4.69, 9.17) is 10.2 Å². The zero-order valence-electron chi connectivity index (χ0n) is 12.7. The average molecular weight is 266 g/mol. The van der Waals surface area contributed by atoms with Gasteiger partial charge in [-0.1, -0.05) is 6.92 Å². The molecule has 4 nitrogen and oxygen atoms in total. The highest BCUT2D eigenvalue weighted by Gasteiger charge is 2.35. The van der Waals surface area contributed by atoms with Gasteiger partial charge in [-0.15, -0.1) is 0 Å². The van der Waals surface area contributed by atoms with Crippen LogP contribution in [0.4, 0.5) is 0 Å². The Morgan fingerprint density at radius 2 is 2.11 bits per heavy atom. The Morgan fingerprint density at radius 3 is 2.47 bits per heavy atom. The minimum Gasteiger partial charge on any atom is -0.464 e. The van der Waals surface area contributed by atoms with Gasteiger partial charge in [0.2, 0.25) is 5.91 Å². The van der Waals surface area contributed by atoms with Gasteiger partial charge in [0.25, 0.3) is 0 Å². The number of carbonyl (C=O) groups excluding carboxylic acids is 1. The van der Waals surface area contributed by atoms with Crippen LogP contribution < -0.4 is 5.73 Å². The molecule has 1 aromatic rings. The summed E-state index contributed by atoms with van der Waals surface area (Å²) in [4.78, 5) is 14.5. The molecular formula is C15H26N2O2. The number of rotatable bonds is 6. The quantitative estimate of drug-likeness (QED) is 0.861. The monoisotopic (exact) mass is 266 g/mol.